The van der Waals surface area contributed by atoms with Gasteiger partial charge in [-0.2, -0.15) is 5.10 Å². The molecule has 6 amide bonds. The van der Waals surface area contributed by atoms with Crippen molar-refractivity contribution >= 4 is 35.3 Å². The molecule has 2 fully saturated rings. The maximum Gasteiger partial charge on any atom is 0.320 e. The van der Waals surface area contributed by atoms with Crippen molar-refractivity contribution in [2.24, 2.45) is 0 Å². The van der Waals surface area contributed by atoms with Crippen LogP contribution in [0.15, 0.2) is 30.6 Å². The van der Waals surface area contributed by atoms with Gasteiger partial charge in [0.15, 0.2) is 0 Å². The summed E-state index contributed by atoms with van der Waals surface area (Å²) in [5.41, 5.74) is 1.61. The van der Waals surface area contributed by atoms with E-state index < -0.39 is 29.7 Å². The molecule has 1 aromatic carbocycles. The molecule has 12 heteroatoms. The van der Waals surface area contributed by atoms with Gasteiger partial charge in [0.2, 0.25) is 11.8 Å². The Hall–Kier alpha value is -4.22. The lowest BCUT2D eigenvalue weighted by Gasteiger charge is -2.39. The molecule has 212 valence electrons. The van der Waals surface area contributed by atoms with E-state index in [1.807, 2.05) is 43.6 Å². The van der Waals surface area contributed by atoms with Crippen molar-refractivity contribution in [3.63, 3.8) is 0 Å². The van der Waals surface area contributed by atoms with Crippen LogP contribution in [-0.2, 0) is 16.1 Å². The van der Waals surface area contributed by atoms with Gasteiger partial charge in [0.25, 0.3) is 11.8 Å². The van der Waals surface area contributed by atoms with Crippen molar-refractivity contribution in [2.75, 3.05) is 25.5 Å². The second-order valence-electron chi connectivity index (χ2n) is 11.6. The highest BCUT2D eigenvalue weighted by atomic mass is 16.2. The van der Waals surface area contributed by atoms with E-state index in [0.29, 0.717) is 25.3 Å². The number of rotatable bonds is 5. The average molecular weight is 550 g/mol. The summed E-state index contributed by atoms with van der Waals surface area (Å²) in [6, 6.07) is 4.20. The van der Waals surface area contributed by atoms with Gasteiger partial charge < -0.3 is 15.1 Å². The minimum Gasteiger partial charge on any atom is -0.380 e. The summed E-state index contributed by atoms with van der Waals surface area (Å²) < 4.78 is 1.93. The zero-order valence-corrected chi connectivity index (χ0v) is 23.3. The number of imide groups is 2. The van der Waals surface area contributed by atoms with E-state index in [1.165, 1.54) is 0 Å². The Morgan fingerprint density at radius 2 is 1.82 bits per heavy atom. The van der Waals surface area contributed by atoms with Gasteiger partial charge in [-0.3, -0.25) is 34.1 Å². The molecule has 3 aliphatic rings. The SMILES string of the molecule is CN(C(=O)N1CCC(n2cc(CNc3cccc4c3C(=O)N(C3CCC(=O)NC3=O)C4=O)cn2)CC1)C(C)(C)C. The first-order valence-corrected chi connectivity index (χ1v) is 13.6. The van der Waals surface area contributed by atoms with E-state index in [9.17, 15) is 24.0 Å². The van der Waals surface area contributed by atoms with E-state index in [2.05, 4.69) is 15.7 Å². The highest BCUT2D eigenvalue weighted by molar-refractivity contribution is 6.25. The van der Waals surface area contributed by atoms with E-state index in [0.717, 1.165) is 23.3 Å². The number of nitrogens with one attached hydrogen (secondary N) is 2. The fourth-order valence-corrected chi connectivity index (χ4v) is 5.35. The van der Waals surface area contributed by atoms with Gasteiger partial charge in [0.05, 0.1) is 23.4 Å². The largest absolute Gasteiger partial charge is 0.380 e. The Kier molecular flexibility index (Phi) is 7.11. The molecule has 0 radical (unpaired) electrons. The fourth-order valence-electron chi connectivity index (χ4n) is 5.35. The number of carbonyl (C=O) groups is 5. The van der Waals surface area contributed by atoms with E-state index in [-0.39, 0.29) is 41.6 Å². The highest BCUT2D eigenvalue weighted by Crippen LogP contribution is 2.33. The van der Waals surface area contributed by atoms with Crippen LogP contribution in [0.4, 0.5) is 10.5 Å². The summed E-state index contributed by atoms with van der Waals surface area (Å²) in [7, 11) is 1.83. The van der Waals surface area contributed by atoms with Gasteiger partial charge >= 0.3 is 6.03 Å². The molecule has 12 nitrogen and oxygen atoms in total. The first kappa shape index (κ1) is 27.4. The van der Waals surface area contributed by atoms with Gasteiger partial charge in [0, 0.05) is 56.1 Å². The standard InChI is InChI=1S/C28H35N7O5/c1-28(2,3)32(4)27(40)33-12-10-18(11-13-33)34-16-17(15-30-34)14-29-20-7-5-6-19-23(20)26(39)35(25(19)38)21-8-9-22(36)31-24(21)37/h5-7,15-16,18,21,29H,8-14H2,1-4H3,(H,31,36,37). The second-order valence-corrected chi connectivity index (χ2v) is 11.6. The molecule has 40 heavy (non-hydrogen) atoms. The number of hydrogen-bond acceptors (Lipinski definition) is 7. The molecule has 1 aromatic heterocycles. The minimum absolute atomic E-state index is 0.0379. The smallest absolute Gasteiger partial charge is 0.320 e. The van der Waals surface area contributed by atoms with Crippen LogP contribution in [0.2, 0.25) is 0 Å². The molecule has 0 aliphatic carbocycles. The number of amides is 6. The lowest BCUT2D eigenvalue weighted by Crippen LogP contribution is -2.54. The number of likely N-dealkylation sites (tertiary alicyclic amines) is 1. The Morgan fingerprint density at radius 3 is 2.50 bits per heavy atom. The van der Waals surface area contributed by atoms with Crippen LogP contribution in [0.3, 0.4) is 0 Å². The normalized spacial score (nSPS) is 20.1. The van der Waals surface area contributed by atoms with Crippen molar-refractivity contribution in [1.29, 1.82) is 0 Å². The summed E-state index contributed by atoms with van der Waals surface area (Å²) >= 11 is 0. The van der Waals surface area contributed by atoms with Crippen LogP contribution in [0.25, 0.3) is 0 Å². The summed E-state index contributed by atoms with van der Waals surface area (Å²) in [5, 5.41) is 10.0. The van der Waals surface area contributed by atoms with Crippen molar-refractivity contribution in [1.82, 2.24) is 29.8 Å². The number of hydrogen-bond donors (Lipinski definition) is 2. The van der Waals surface area contributed by atoms with Crippen LogP contribution in [0, 0.1) is 0 Å². The zero-order valence-electron chi connectivity index (χ0n) is 23.3. The Balaban J connectivity index is 1.21. The molecule has 0 saturated carbocycles. The first-order valence-electron chi connectivity index (χ1n) is 13.6. The summed E-state index contributed by atoms with van der Waals surface area (Å²) in [4.78, 5) is 67.7. The molecule has 1 unspecified atom stereocenters. The maximum atomic E-state index is 13.3. The Morgan fingerprint density at radius 1 is 1.10 bits per heavy atom. The van der Waals surface area contributed by atoms with Crippen LogP contribution < -0.4 is 10.6 Å². The lowest BCUT2D eigenvalue weighted by molar-refractivity contribution is -0.136. The lowest BCUT2D eigenvalue weighted by atomic mass is 10.0. The number of aromatic nitrogens is 2. The van der Waals surface area contributed by atoms with Crippen LogP contribution in [0.5, 0.6) is 0 Å². The predicted molar refractivity (Wildman–Crippen MR) is 145 cm³/mol. The molecular weight excluding hydrogens is 514 g/mol. The number of urea groups is 1. The molecule has 4 heterocycles. The number of nitrogens with zero attached hydrogens (tertiary/aromatic N) is 5. The molecule has 2 saturated heterocycles. The Bertz CT molecular complexity index is 1370. The predicted octanol–water partition coefficient (Wildman–Crippen LogP) is 2.38. The minimum atomic E-state index is -1.01. The van der Waals surface area contributed by atoms with E-state index >= 15 is 0 Å². The molecule has 0 bridgehead atoms. The molecule has 5 rings (SSSR count). The number of piperidine rings is 2. The van der Waals surface area contributed by atoms with E-state index in [4.69, 9.17) is 0 Å². The molecule has 3 aliphatic heterocycles. The highest BCUT2D eigenvalue weighted by Gasteiger charge is 2.45. The van der Waals surface area contributed by atoms with Crippen molar-refractivity contribution in [3.05, 3.63) is 47.3 Å². The van der Waals surface area contributed by atoms with Crippen LogP contribution in [0.1, 0.15) is 78.8 Å². The third-order valence-electron chi connectivity index (χ3n) is 8.01. The number of benzene rings is 1. The second kappa shape index (κ2) is 10.4. The van der Waals surface area contributed by atoms with Crippen molar-refractivity contribution in [2.45, 2.75) is 70.6 Å². The Labute approximate surface area is 232 Å². The maximum absolute atomic E-state index is 13.3. The molecule has 2 N–H and O–H groups in total. The molecule has 2 aromatic rings. The third-order valence-corrected chi connectivity index (χ3v) is 8.01. The molecule has 1 atom stereocenters. The van der Waals surface area contributed by atoms with Crippen LogP contribution >= 0.6 is 0 Å². The van der Waals surface area contributed by atoms with Gasteiger partial charge in [-0.05, 0) is 52.2 Å². The third kappa shape index (κ3) is 5.05. The number of carbonyl (C=O) groups excluding carboxylic acids is 5. The zero-order chi connectivity index (χ0) is 28.8. The molecule has 0 spiro atoms. The van der Waals surface area contributed by atoms with Crippen molar-refractivity contribution < 1.29 is 24.0 Å². The summed E-state index contributed by atoms with van der Waals surface area (Å²) in [6.07, 6.45) is 5.52. The van der Waals surface area contributed by atoms with E-state index in [1.54, 1.807) is 29.3 Å². The topological polar surface area (TPSA) is 137 Å². The monoisotopic (exact) mass is 549 g/mol. The molecular formula is C28H35N7O5. The van der Waals surface area contributed by atoms with Gasteiger partial charge in [-0.15, -0.1) is 0 Å². The number of fused-ring (bicyclic) bond motifs is 1. The quantitative estimate of drug-likeness (QED) is 0.547. The number of anilines is 1. The summed E-state index contributed by atoms with van der Waals surface area (Å²) in [5.74, 6) is -2.13. The summed E-state index contributed by atoms with van der Waals surface area (Å²) in [6.45, 7) is 7.75. The fraction of sp³-hybridized carbons (Fsp3) is 0.500. The van der Waals surface area contributed by atoms with Gasteiger partial charge in [-0.1, -0.05) is 6.07 Å². The first-order chi connectivity index (χ1) is 19.0. The average Bonchev–Trinajstić information content (AvgIpc) is 3.49. The van der Waals surface area contributed by atoms with Crippen molar-refractivity contribution in [3.8, 4) is 0 Å². The van der Waals surface area contributed by atoms with Crippen LogP contribution in [-0.4, -0.2) is 85.9 Å². The van der Waals surface area contributed by atoms with Gasteiger partial charge in [-0.25, -0.2) is 4.79 Å². The van der Waals surface area contributed by atoms with Gasteiger partial charge in [0.1, 0.15) is 6.04 Å².